The second-order valence-corrected chi connectivity index (χ2v) is 7.82. The number of aromatic nitrogens is 3. The number of rotatable bonds is 4. The Kier molecular flexibility index (Phi) is 4.93. The van der Waals surface area contributed by atoms with Crippen LogP contribution in [0.2, 0.25) is 0 Å². The van der Waals surface area contributed by atoms with Crippen molar-refractivity contribution < 1.29 is 22.4 Å². The number of likely N-dealkylation sites (tertiary alicyclic amines) is 1. The molecule has 1 fully saturated rings. The number of pyridine rings is 1. The molecule has 1 amide bonds. The van der Waals surface area contributed by atoms with Gasteiger partial charge in [-0.1, -0.05) is 0 Å². The van der Waals surface area contributed by atoms with Crippen molar-refractivity contribution in [1.29, 1.82) is 0 Å². The van der Waals surface area contributed by atoms with Gasteiger partial charge in [0.15, 0.2) is 12.4 Å². The Morgan fingerprint density at radius 2 is 1.90 bits per heavy atom. The fourth-order valence-electron chi connectivity index (χ4n) is 3.43. The molecule has 6 nitrogen and oxygen atoms in total. The van der Waals surface area contributed by atoms with E-state index in [0.717, 1.165) is 28.0 Å². The van der Waals surface area contributed by atoms with Crippen LogP contribution >= 0.6 is 11.3 Å². The Hall–Kier alpha value is -2.69. The summed E-state index contributed by atoms with van der Waals surface area (Å²) in [5.74, 6) is -0.261. The number of nitrogens with zero attached hydrogens (tertiary/aromatic N) is 4. The lowest BCUT2D eigenvalue weighted by Gasteiger charge is -2.15. The van der Waals surface area contributed by atoms with Gasteiger partial charge in [0.25, 0.3) is 0 Å². The lowest BCUT2D eigenvalue weighted by atomic mass is 10.2. The van der Waals surface area contributed by atoms with E-state index in [1.165, 1.54) is 18.3 Å². The summed E-state index contributed by atoms with van der Waals surface area (Å²) in [6, 6.07) is 3.76. The van der Waals surface area contributed by atoms with Crippen LogP contribution in [0.25, 0.3) is 21.6 Å². The number of halogens is 4. The summed E-state index contributed by atoms with van der Waals surface area (Å²) in [4.78, 5) is 30.4. The highest BCUT2D eigenvalue weighted by molar-refractivity contribution is 7.15. The largest absolute Gasteiger partial charge is 0.425 e. The molecule has 3 aromatic heterocycles. The van der Waals surface area contributed by atoms with Crippen LogP contribution in [0.5, 0.6) is 0 Å². The van der Waals surface area contributed by atoms with Crippen molar-refractivity contribution >= 4 is 28.4 Å². The van der Waals surface area contributed by atoms with Gasteiger partial charge < -0.3 is 4.90 Å². The summed E-state index contributed by atoms with van der Waals surface area (Å²) in [5.41, 5.74) is -0.110. The smallest absolute Gasteiger partial charge is 0.341 e. The quantitative estimate of drug-likeness (QED) is 0.598. The Morgan fingerprint density at radius 3 is 2.52 bits per heavy atom. The maximum atomic E-state index is 13.4. The molecule has 0 N–H and O–H groups in total. The highest BCUT2D eigenvalue weighted by Gasteiger charge is 2.32. The van der Waals surface area contributed by atoms with E-state index >= 15 is 0 Å². The summed E-state index contributed by atoms with van der Waals surface area (Å²) in [5, 5.41) is 0. The van der Waals surface area contributed by atoms with Crippen LogP contribution in [0.15, 0.2) is 29.2 Å². The minimum absolute atomic E-state index is 0.0445. The maximum absolute atomic E-state index is 13.4. The third-order valence-corrected chi connectivity index (χ3v) is 6.08. The van der Waals surface area contributed by atoms with Gasteiger partial charge in [-0.05, 0) is 31.0 Å². The predicted molar refractivity (Wildman–Crippen MR) is 99.2 cm³/mol. The number of carbonyl (C=O) groups is 1. The van der Waals surface area contributed by atoms with Crippen molar-refractivity contribution in [2.45, 2.75) is 32.4 Å². The molecular formula is C18H16F4N4O2S. The number of imidazole rings is 1. The molecule has 1 aliphatic heterocycles. The Balaban J connectivity index is 1.77. The molecule has 11 heteroatoms. The first-order valence-electron chi connectivity index (χ1n) is 8.90. The number of carbonyl (C=O) groups excluding carboxylic acids is 1. The Bertz CT molecular complexity index is 1130. The normalized spacial score (nSPS) is 14.8. The first kappa shape index (κ1) is 19.6. The van der Waals surface area contributed by atoms with E-state index in [1.807, 2.05) is 0 Å². The van der Waals surface area contributed by atoms with Crippen molar-refractivity contribution in [3.8, 4) is 10.4 Å². The summed E-state index contributed by atoms with van der Waals surface area (Å²) in [6.45, 7) is -0.183. The van der Waals surface area contributed by atoms with Crippen LogP contribution in [0.3, 0.4) is 0 Å². The molecule has 1 aliphatic rings. The molecule has 29 heavy (non-hydrogen) atoms. The average molecular weight is 428 g/mol. The first-order valence-corrected chi connectivity index (χ1v) is 9.71. The van der Waals surface area contributed by atoms with Gasteiger partial charge in [0.2, 0.25) is 5.91 Å². The van der Waals surface area contributed by atoms with Crippen LogP contribution < -0.4 is 5.69 Å². The number of alkyl halides is 4. The third kappa shape index (κ3) is 3.54. The minimum Gasteiger partial charge on any atom is -0.341 e. The standard InChI is InChI=1S/C18H16F4N4O2S/c19-10-26-16-12(25(17(26)28)9-15(27)24-5-1-2-6-24)7-11(8-23-16)13-3-4-14(29-13)18(20,21)22/h3-4,7-8H,1-2,5-6,9-10H2. The van der Waals surface area contributed by atoms with E-state index in [0.29, 0.717) is 34.9 Å². The van der Waals surface area contributed by atoms with E-state index in [2.05, 4.69) is 4.98 Å². The molecule has 0 atom stereocenters. The molecular weight excluding hydrogens is 412 g/mol. The molecule has 0 radical (unpaired) electrons. The van der Waals surface area contributed by atoms with Gasteiger partial charge in [-0.15, -0.1) is 11.3 Å². The molecule has 1 saturated heterocycles. The summed E-state index contributed by atoms with van der Waals surface area (Å²) in [6.07, 6.45) is -1.38. The van der Waals surface area contributed by atoms with Crippen LogP contribution in [-0.2, 0) is 24.3 Å². The predicted octanol–water partition coefficient (Wildman–Crippen LogP) is 3.49. The van der Waals surface area contributed by atoms with Crippen molar-refractivity contribution in [3.63, 3.8) is 0 Å². The SMILES string of the molecule is O=C(Cn1c(=O)n(CF)c2ncc(-c3ccc(C(F)(F)F)s3)cc21)N1CCCC1. The summed E-state index contributed by atoms with van der Waals surface area (Å²) in [7, 11) is 0. The van der Waals surface area contributed by atoms with E-state index in [9.17, 15) is 27.2 Å². The molecule has 0 spiro atoms. The van der Waals surface area contributed by atoms with Crippen LogP contribution in [0.1, 0.15) is 17.7 Å². The summed E-state index contributed by atoms with van der Waals surface area (Å²) < 4.78 is 54.0. The molecule has 0 aliphatic carbocycles. The highest BCUT2D eigenvalue weighted by Crippen LogP contribution is 2.38. The van der Waals surface area contributed by atoms with Gasteiger partial charge in [-0.3, -0.25) is 9.36 Å². The fourth-order valence-corrected chi connectivity index (χ4v) is 4.29. The van der Waals surface area contributed by atoms with Crippen LogP contribution in [-0.4, -0.2) is 38.0 Å². The Morgan fingerprint density at radius 1 is 1.17 bits per heavy atom. The fraction of sp³-hybridized carbons (Fsp3) is 0.389. The maximum Gasteiger partial charge on any atom is 0.425 e. The van der Waals surface area contributed by atoms with Crippen molar-refractivity contribution in [3.05, 3.63) is 39.8 Å². The van der Waals surface area contributed by atoms with E-state index in [1.54, 1.807) is 4.90 Å². The lowest BCUT2D eigenvalue weighted by Crippen LogP contribution is -2.35. The van der Waals surface area contributed by atoms with Gasteiger partial charge in [0.1, 0.15) is 11.4 Å². The third-order valence-electron chi connectivity index (χ3n) is 4.90. The number of amides is 1. The molecule has 3 aromatic rings. The monoisotopic (exact) mass is 428 g/mol. The molecule has 0 bridgehead atoms. The molecule has 0 aromatic carbocycles. The zero-order valence-corrected chi connectivity index (χ0v) is 15.9. The van der Waals surface area contributed by atoms with Crippen molar-refractivity contribution in [2.24, 2.45) is 0 Å². The second kappa shape index (κ2) is 7.29. The van der Waals surface area contributed by atoms with Crippen LogP contribution in [0.4, 0.5) is 17.6 Å². The van der Waals surface area contributed by atoms with Crippen molar-refractivity contribution in [1.82, 2.24) is 19.0 Å². The van der Waals surface area contributed by atoms with E-state index in [4.69, 9.17) is 0 Å². The van der Waals surface area contributed by atoms with Crippen LogP contribution in [0, 0.1) is 0 Å². The minimum atomic E-state index is -4.46. The topological polar surface area (TPSA) is 60.1 Å². The molecule has 0 unspecified atom stereocenters. The lowest BCUT2D eigenvalue weighted by molar-refractivity contribution is -0.134. The summed E-state index contributed by atoms with van der Waals surface area (Å²) >= 11 is 0.550. The Labute approximate surface area is 166 Å². The van der Waals surface area contributed by atoms with Gasteiger partial charge in [-0.25, -0.2) is 18.7 Å². The number of thiophene rings is 1. The second-order valence-electron chi connectivity index (χ2n) is 6.73. The van der Waals surface area contributed by atoms with E-state index in [-0.39, 0.29) is 23.6 Å². The average Bonchev–Trinajstić information content (AvgIpc) is 3.41. The van der Waals surface area contributed by atoms with E-state index < -0.39 is 23.5 Å². The van der Waals surface area contributed by atoms with Crippen molar-refractivity contribution in [2.75, 3.05) is 13.1 Å². The number of fused-ring (bicyclic) bond motifs is 1. The highest BCUT2D eigenvalue weighted by atomic mass is 32.1. The molecule has 4 rings (SSSR count). The number of hydrogen-bond acceptors (Lipinski definition) is 4. The first-order chi connectivity index (χ1) is 13.8. The molecule has 4 heterocycles. The molecule has 154 valence electrons. The number of hydrogen-bond donors (Lipinski definition) is 0. The molecule has 0 saturated carbocycles. The van der Waals surface area contributed by atoms with Gasteiger partial charge >= 0.3 is 11.9 Å². The zero-order valence-electron chi connectivity index (χ0n) is 15.1. The zero-order chi connectivity index (χ0) is 20.8. The van der Waals surface area contributed by atoms with Gasteiger partial charge in [0.05, 0.1) is 5.52 Å². The van der Waals surface area contributed by atoms with Gasteiger partial charge in [-0.2, -0.15) is 13.2 Å². The van der Waals surface area contributed by atoms with Gasteiger partial charge in [0, 0.05) is 29.7 Å².